The summed E-state index contributed by atoms with van der Waals surface area (Å²) in [6.07, 6.45) is 2.77. The Morgan fingerprint density at radius 3 is 2.17 bits per heavy atom. The van der Waals surface area contributed by atoms with E-state index in [0.717, 1.165) is 28.7 Å². The third kappa shape index (κ3) is 6.50. The van der Waals surface area contributed by atoms with Gasteiger partial charge in [0.25, 0.3) is 0 Å². The average molecular weight is 479 g/mol. The van der Waals surface area contributed by atoms with Crippen LogP contribution in [0, 0.1) is 5.92 Å². The molecule has 0 heterocycles. The van der Waals surface area contributed by atoms with E-state index in [9.17, 15) is 19.5 Å². The number of allylic oxidation sites excluding steroid dienone is 1. The molecule has 1 aliphatic rings. The highest BCUT2D eigenvalue weighted by Gasteiger charge is 2.31. The molecule has 0 aliphatic heterocycles. The summed E-state index contributed by atoms with van der Waals surface area (Å²) in [6, 6.07) is 14.2. The number of benzene rings is 2. The van der Waals surface area contributed by atoms with Gasteiger partial charge in [0.15, 0.2) is 0 Å². The number of amides is 2. The fourth-order valence-corrected chi connectivity index (χ4v) is 4.40. The van der Waals surface area contributed by atoms with Crippen molar-refractivity contribution in [3.63, 3.8) is 0 Å². The van der Waals surface area contributed by atoms with E-state index in [1.165, 1.54) is 0 Å². The van der Waals surface area contributed by atoms with Crippen LogP contribution in [-0.4, -0.2) is 41.8 Å². The second-order valence-electron chi connectivity index (χ2n) is 9.04. The van der Waals surface area contributed by atoms with E-state index in [2.05, 4.69) is 29.3 Å². The van der Waals surface area contributed by atoms with Gasteiger partial charge in [0, 0.05) is 5.92 Å². The Bertz CT molecular complexity index is 1020. The Kier molecular flexibility index (Phi) is 9.06. The molecule has 0 radical (unpaired) electrons. The molecule has 2 amide bonds. The summed E-state index contributed by atoms with van der Waals surface area (Å²) in [5, 5.41) is 14.7. The standard InChI is InChI=1S/C28H34N2O5/c1-4-6-15-24(27(32)33)29-26(31)25(16-18(3)5-2)30-28(34)35-17-23-21-13-9-7-11-19(21)20-12-8-10-14-22(20)23/h4,7-14,18,23-25H,1,5-6,15-17H2,2-3H3,(H,29,31)(H,30,34)(H,32,33). The first-order valence-electron chi connectivity index (χ1n) is 12.1. The molecule has 2 aromatic carbocycles. The first kappa shape index (κ1) is 26.0. The molecule has 3 N–H and O–H groups in total. The molecule has 0 saturated carbocycles. The molecule has 0 saturated heterocycles. The molecule has 0 bridgehead atoms. The lowest BCUT2D eigenvalue weighted by atomic mass is 9.98. The van der Waals surface area contributed by atoms with Gasteiger partial charge in [0.2, 0.25) is 5.91 Å². The van der Waals surface area contributed by atoms with Gasteiger partial charge in [-0.3, -0.25) is 4.79 Å². The number of hydrogen-bond acceptors (Lipinski definition) is 4. The highest BCUT2D eigenvalue weighted by Crippen LogP contribution is 2.44. The Morgan fingerprint density at radius 1 is 1.03 bits per heavy atom. The van der Waals surface area contributed by atoms with Crippen LogP contribution in [0.5, 0.6) is 0 Å². The summed E-state index contributed by atoms with van der Waals surface area (Å²) in [5.41, 5.74) is 4.46. The van der Waals surface area contributed by atoms with Crippen molar-refractivity contribution in [3.8, 4) is 11.1 Å². The van der Waals surface area contributed by atoms with E-state index in [1.54, 1.807) is 6.08 Å². The third-order valence-corrected chi connectivity index (χ3v) is 6.56. The number of hydrogen-bond donors (Lipinski definition) is 3. The van der Waals surface area contributed by atoms with Crippen molar-refractivity contribution in [2.24, 2.45) is 5.92 Å². The zero-order valence-corrected chi connectivity index (χ0v) is 20.3. The summed E-state index contributed by atoms with van der Waals surface area (Å²) in [5.74, 6) is -1.60. The number of alkyl carbamates (subject to hydrolysis) is 1. The van der Waals surface area contributed by atoms with E-state index in [0.29, 0.717) is 12.8 Å². The Morgan fingerprint density at radius 2 is 1.63 bits per heavy atom. The Balaban J connectivity index is 1.67. The second kappa shape index (κ2) is 12.2. The SMILES string of the molecule is C=CCCC(NC(=O)C(CC(C)CC)NC(=O)OCC1c2ccccc2-c2ccccc21)C(=O)O. The van der Waals surface area contributed by atoms with E-state index in [1.807, 2.05) is 50.2 Å². The minimum atomic E-state index is -1.12. The predicted octanol–water partition coefficient (Wildman–Crippen LogP) is 4.87. The minimum Gasteiger partial charge on any atom is -0.480 e. The first-order valence-corrected chi connectivity index (χ1v) is 12.1. The van der Waals surface area contributed by atoms with Gasteiger partial charge in [-0.15, -0.1) is 6.58 Å². The summed E-state index contributed by atoms with van der Waals surface area (Å²) in [7, 11) is 0. The topological polar surface area (TPSA) is 105 Å². The summed E-state index contributed by atoms with van der Waals surface area (Å²) < 4.78 is 5.59. The quantitative estimate of drug-likeness (QED) is 0.378. The number of fused-ring (bicyclic) bond motifs is 3. The van der Waals surface area contributed by atoms with Gasteiger partial charge in [-0.2, -0.15) is 0 Å². The van der Waals surface area contributed by atoms with Crippen molar-refractivity contribution >= 4 is 18.0 Å². The van der Waals surface area contributed by atoms with Crippen LogP contribution in [0.2, 0.25) is 0 Å². The van der Waals surface area contributed by atoms with Gasteiger partial charge in [-0.1, -0.05) is 74.9 Å². The molecule has 1 aliphatic carbocycles. The number of aliphatic carboxylic acids is 1. The van der Waals surface area contributed by atoms with Gasteiger partial charge in [0.05, 0.1) is 0 Å². The fraction of sp³-hybridized carbons (Fsp3) is 0.393. The fourth-order valence-electron chi connectivity index (χ4n) is 4.40. The van der Waals surface area contributed by atoms with Crippen LogP contribution in [0.1, 0.15) is 56.6 Å². The maximum Gasteiger partial charge on any atom is 0.407 e. The Labute approximate surface area is 206 Å². The van der Waals surface area contributed by atoms with Gasteiger partial charge >= 0.3 is 12.1 Å². The van der Waals surface area contributed by atoms with Gasteiger partial charge < -0.3 is 20.5 Å². The lowest BCUT2D eigenvalue weighted by Crippen LogP contribution is -2.52. The number of rotatable bonds is 12. The number of carboxylic acids is 1. The monoisotopic (exact) mass is 478 g/mol. The highest BCUT2D eigenvalue weighted by molar-refractivity contribution is 5.89. The maximum atomic E-state index is 12.9. The van der Waals surface area contributed by atoms with Crippen LogP contribution in [-0.2, 0) is 14.3 Å². The van der Waals surface area contributed by atoms with Crippen molar-refractivity contribution in [1.29, 1.82) is 0 Å². The van der Waals surface area contributed by atoms with Crippen LogP contribution in [0.4, 0.5) is 4.79 Å². The Hall–Kier alpha value is -3.61. The normalized spacial score (nSPS) is 14.7. The molecule has 7 nitrogen and oxygen atoms in total. The van der Waals surface area contributed by atoms with Crippen LogP contribution in [0.25, 0.3) is 11.1 Å². The zero-order valence-electron chi connectivity index (χ0n) is 20.3. The van der Waals surface area contributed by atoms with Gasteiger partial charge in [-0.05, 0) is 47.4 Å². The van der Waals surface area contributed by atoms with Crippen molar-refractivity contribution in [2.45, 2.75) is 57.5 Å². The smallest absolute Gasteiger partial charge is 0.407 e. The first-order chi connectivity index (χ1) is 16.8. The maximum absolute atomic E-state index is 12.9. The number of ether oxygens (including phenoxy) is 1. The predicted molar refractivity (Wildman–Crippen MR) is 135 cm³/mol. The molecule has 0 fully saturated rings. The molecule has 186 valence electrons. The number of carbonyl (C=O) groups excluding carboxylic acids is 2. The summed E-state index contributed by atoms with van der Waals surface area (Å²) in [6.45, 7) is 7.71. The number of carboxylic acid groups (broad SMARTS) is 1. The van der Waals surface area contributed by atoms with Gasteiger partial charge in [0.1, 0.15) is 18.7 Å². The molecular formula is C28H34N2O5. The average Bonchev–Trinajstić information content (AvgIpc) is 3.18. The molecule has 35 heavy (non-hydrogen) atoms. The van der Waals surface area contributed by atoms with Gasteiger partial charge in [-0.25, -0.2) is 9.59 Å². The van der Waals surface area contributed by atoms with Crippen LogP contribution in [0.3, 0.4) is 0 Å². The van der Waals surface area contributed by atoms with E-state index >= 15 is 0 Å². The van der Waals surface area contributed by atoms with E-state index < -0.39 is 30.1 Å². The molecule has 7 heteroatoms. The largest absolute Gasteiger partial charge is 0.480 e. The molecular weight excluding hydrogens is 444 g/mol. The van der Waals surface area contributed by atoms with Crippen LogP contribution in [0.15, 0.2) is 61.2 Å². The zero-order chi connectivity index (χ0) is 25.4. The lowest BCUT2D eigenvalue weighted by molar-refractivity contribution is -0.142. The van der Waals surface area contributed by atoms with Crippen LogP contribution >= 0.6 is 0 Å². The van der Waals surface area contributed by atoms with E-state index in [-0.39, 0.29) is 24.9 Å². The van der Waals surface area contributed by atoms with E-state index in [4.69, 9.17) is 4.74 Å². The lowest BCUT2D eigenvalue weighted by Gasteiger charge is -2.23. The van der Waals surface area contributed by atoms with Crippen molar-refractivity contribution < 1.29 is 24.2 Å². The minimum absolute atomic E-state index is 0.0923. The molecule has 0 spiro atoms. The van der Waals surface area contributed by atoms with Crippen LogP contribution < -0.4 is 10.6 Å². The van der Waals surface area contributed by atoms with Crippen molar-refractivity contribution in [2.75, 3.05) is 6.61 Å². The van der Waals surface area contributed by atoms with Crippen molar-refractivity contribution in [3.05, 3.63) is 72.3 Å². The summed E-state index contributed by atoms with van der Waals surface area (Å²) >= 11 is 0. The molecule has 3 rings (SSSR count). The number of nitrogens with one attached hydrogen (secondary N) is 2. The molecule has 0 aromatic heterocycles. The third-order valence-electron chi connectivity index (χ3n) is 6.56. The molecule has 3 unspecified atom stereocenters. The second-order valence-corrected chi connectivity index (χ2v) is 9.04. The highest BCUT2D eigenvalue weighted by atomic mass is 16.5. The summed E-state index contributed by atoms with van der Waals surface area (Å²) in [4.78, 5) is 37.2. The number of carbonyl (C=O) groups is 3. The molecule has 2 aromatic rings. The molecule has 3 atom stereocenters. The van der Waals surface area contributed by atoms with Crippen molar-refractivity contribution in [1.82, 2.24) is 10.6 Å².